The van der Waals surface area contributed by atoms with Gasteiger partial charge in [-0.3, -0.25) is 18.7 Å². The molecule has 1 saturated heterocycles. The summed E-state index contributed by atoms with van der Waals surface area (Å²) >= 11 is 1.83. The molecule has 1 aromatic carbocycles. The molecule has 2 fully saturated rings. The number of halogens is 1. The van der Waals surface area contributed by atoms with Gasteiger partial charge in [0.05, 0.1) is 24.3 Å². The summed E-state index contributed by atoms with van der Waals surface area (Å²) in [6.45, 7) is 0. The monoisotopic (exact) mass is 528 g/mol. The summed E-state index contributed by atoms with van der Waals surface area (Å²) in [7, 11) is 1.48. The van der Waals surface area contributed by atoms with Crippen LogP contribution in [-0.4, -0.2) is 49.8 Å². The molecule has 1 amide bonds. The highest BCUT2D eigenvalue weighted by Gasteiger charge is 2.30. The van der Waals surface area contributed by atoms with Gasteiger partial charge >= 0.3 is 5.69 Å². The highest BCUT2D eigenvalue weighted by molar-refractivity contribution is 7.99. The van der Waals surface area contributed by atoms with Crippen molar-refractivity contribution >= 4 is 28.7 Å². The van der Waals surface area contributed by atoms with Crippen LogP contribution in [0.1, 0.15) is 61.0 Å². The fourth-order valence-corrected chi connectivity index (χ4v) is 6.45. The molecule has 0 spiro atoms. The summed E-state index contributed by atoms with van der Waals surface area (Å²) in [5.41, 5.74) is -0.566. The minimum absolute atomic E-state index is 0.0905. The molecule has 9 nitrogen and oxygen atoms in total. The second-order valence-electron chi connectivity index (χ2n) is 9.56. The van der Waals surface area contributed by atoms with Crippen molar-refractivity contribution in [2.75, 3.05) is 18.6 Å². The highest BCUT2D eigenvalue weighted by Crippen LogP contribution is 2.31. The molecule has 1 aliphatic carbocycles. The molecule has 0 bridgehead atoms. The van der Waals surface area contributed by atoms with Gasteiger partial charge in [0, 0.05) is 18.1 Å². The molecule has 1 saturated carbocycles. The molecule has 3 aromatic rings. The van der Waals surface area contributed by atoms with Gasteiger partial charge in [0.15, 0.2) is 0 Å². The topological polar surface area (TPSA) is 115 Å². The number of pyridine rings is 1. The fourth-order valence-electron chi connectivity index (χ4n) is 5.36. The number of rotatable bonds is 5. The molecule has 11 heteroatoms. The molecule has 37 heavy (non-hydrogen) atoms. The Labute approximate surface area is 216 Å². The van der Waals surface area contributed by atoms with E-state index in [1.165, 1.54) is 29.9 Å². The minimum atomic E-state index is -0.618. The predicted octanol–water partition coefficient (Wildman–Crippen LogP) is 3.39. The Morgan fingerprint density at radius 1 is 1.08 bits per heavy atom. The van der Waals surface area contributed by atoms with Gasteiger partial charge in [-0.05, 0) is 74.3 Å². The number of fused-ring (bicyclic) bond motifs is 1. The van der Waals surface area contributed by atoms with E-state index < -0.39 is 23.0 Å². The Morgan fingerprint density at radius 3 is 2.49 bits per heavy atom. The van der Waals surface area contributed by atoms with Gasteiger partial charge in [-0.1, -0.05) is 0 Å². The number of thioether (sulfide) groups is 1. The SMILES string of the molecule is COc1ccc(O)c(C(=O)NC2CCC(n3c(=O)c4cc(F)cnc4n(C4CCSCC4)c3=O)CC2)c1. The lowest BCUT2D eigenvalue weighted by molar-refractivity contribution is 0.0918. The van der Waals surface area contributed by atoms with Gasteiger partial charge < -0.3 is 15.2 Å². The lowest BCUT2D eigenvalue weighted by Gasteiger charge is -2.31. The number of nitrogens with zero attached hydrogens (tertiary/aromatic N) is 3. The first-order chi connectivity index (χ1) is 17.9. The van der Waals surface area contributed by atoms with Gasteiger partial charge in [0.1, 0.15) is 23.0 Å². The zero-order valence-corrected chi connectivity index (χ0v) is 21.3. The molecule has 0 radical (unpaired) electrons. The van der Waals surface area contributed by atoms with Crippen molar-refractivity contribution in [2.24, 2.45) is 0 Å². The Morgan fingerprint density at radius 2 is 1.78 bits per heavy atom. The number of hydrogen-bond donors (Lipinski definition) is 2. The first-order valence-electron chi connectivity index (χ1n) is 12.4. The lowest BCUT2D eigenvalue weighted by atomic mass is 9.90. The first-order valence-corrected chi connectivity index (χ1v) is 13.6. The molecular formula is C26H29FN4O5S. The van der Waals surface area contributed by atoms with Gasteiger partial charge in [-0.15, -0.1) is 0 Å². The van der Waals surface area contributed by atoms with Crippen molar-refractivity contribution in [2.45, 2.75) is 56.7 Å². The van der Waals surface area contributed by atoms with Crippen LogP contribution in [0.2, 0.25) is 0 Å². The molecular weight excluding hydrogens is 499 g/mol. The number of carbonyl (C=O) groups excluding carboxylic acids is 1. The van der Waals surface area contributed by atoms with Gasteiger partial charge in [0.25, 0.3) is 11.5 Å². The summed E-state index contributed by atoms with van der Waals surface area (Å²) in [6.07, 6.45) is 4.71. The maximum atomic E-state index is 14.1. The third-order valence-electron chi connectivity index (χ3n) is 7.32. The maximum absolute atomic E-state index is 14.1. The highest BCUT2D eigenvalue weighted by atomic mass is 32.2. The van der Waals surface area contributed by atoms with E-state index in [-0.39, 0.29) is 40.5 Å². The Kier molecular flexibility index (Phi) is 7.23. The molecule has 0 atom stereocenters. The number of nitrogens with one attached hydrogen (secondary N) is 1. The molecule has 196 valence electrons. The first kappa shape index (κ1) is 25.3. The number of phenols is 1. The van der Waals surface area contributed by atoms with Crippen LogP contribution in [0.5, 0.6) is 11.5 Å². The molecule has 2 aromatic heterocycles. The average Bonchev–Trinajstić information content (AvgIpc) is 2.91. The maximum Gasteiger partial charge on any atom is 0.333 e. The van der Waals surface area contributed by atoms with Crippen LogP contribution in [-0.2, 0) is 0 Å². The van der Waals surface area contributed by atoms with E-state index in [0.717, 1.165) is 30.5 Å². The Bertz CT molecular complexity index is 1440. The van der Waals surface area contributed by atoms with Gasteiger partial charge in [-0.25, -0.2) is 14.2 Å². The molecule has 3 heterocycles. The number of methoxy groups -OCH3 is 1. The van der Waals surface area contributed by atoms with Gasteiger partial charge in [-0.2, -0.15) is 11.8 Å². The van der Waals surface area contributed by atoms with Crippen LogP contribution >= 0.6 is 11.8 Å². The molecule has 1 aliphatic heterocycles. The number of aromatic nitrogens is 3. The Balaban J connectivity index is 1.40. The van der Waals surface area contributed by atoms with Crippen molar-refractivity contribution in [3.05, 3.63) is 62.7 Å². The van der Waals surface area contributed by atoms with Crippen LogP contribution in [0, 0.1) is 5.82 Å². The third-order valence-corrected chi connectivity index (χ3v) is 8.37. The van der Waals surface area contributed by atoms with Crippen molar-refractivity contribution in [3.8, 4) is 11.5 Å². The normalized spacial score (nSPS) is 20.6. The largest absolute Gasteiger partial charge is 0.507 e. The Hall–Kier alpha value is -3.34. The van der Waals surface area contributed by atoms with E-state index in [9.17, 15) is 23.9 Å². The smallest absolute Gasteiger partial charge is 0.333 e. The average molecular weight is 529 g/mol. The minimum Gasteiger partial charge on any atom is -0.507 e. The predicted molar refractivity (Wildman–Crippen MR) is 139 cm³/mol. The molecule has 2 aliphatic rings. The second kappa shape index (κ2) is 10.6. The van der Waals surface area contributed by atoms with E-state index >= 15 is 0 Å². The quantitative estimate of drug-likeness (QED) is 0.522. The number of aromatic hydroxyl groups is 1. The summed E-state index contributed by atoms with van der Waals surface area (Å²) in [6, 6.07) is 4.99. The molecule has 0 unspecified atom stereocenters. The van der Waals surface area contributed by atoms with Crippen LogP contribution in [0.3, 0.4) is 0 Å². The van der Waals surface area contributed by atoms with Crippen LogP contribution < -0.4 is 21.3 Å². The van der Waals surface area contributed by atoms with E-state index in [4.69, 9.17) is 4.74 Å². The number of amides is 1. The van der Waals surface area contributed by atoms with E-state index in [2.05, 4.69) is 10.3 Å². The summed E-state index contributed by atoms with van der Waals surface area (Å²) < 4.78 is 22.1. The second-order valence-corrected chi connectivity index (χ2v) is 10.8. The zero-order chi connectivity index (χ0) is 26.1. The van der Waals surface area contributed by atoms with Crippen molar-refractivity contribution in [1.29, 1.82) is 0 Å². The summed E-state index contributed by atoms with van der Waals surface area (Å²) in [5.74, 6) is 1.10. The van der Waals surface area contributed by atoms with Crippen molar-refractivity contribution in [1.82, 2.24) is 19.4 Å². The number of carbonyl (C=O) groups is 1. The van der Waals surface area contributed by atoms with E-state index in [1.54, 1.807) is 10.6 Å². The van der Waals surface area contributed by atoms with E-state index in [0.29, 0.717) is 31.4 Å². The molecule has 5 rings (SSSR count). The molecule has 2 N–H and O–H groups in total. The number of benzene rings is 1. The number of phenolic OH excluding ortho intramolecular Hbond substituents is 1. The van der Waals surface area contributed by atoms with Crippen molar-refractivity contribution in [3.63, 3.8) is 0 Å². The summed E-state index contributed by atoms with van der Waals surface area (Å²) in [4.78, 5) is 44.0. The number of hydrogen-bond acceptors (Lipinski definition) is 7. The zero-order valence-electron chi connectivity index (χ0n) is 20.5. The van der Waals surface area contributed by atoms with Gasteiger partial charge in [0.2, 0.25) is 0 Å². The lowest BCUT2D eigenvalue weighted by Crippen LogP contribution is -2.46. The van der Waals surface area contributed by atoms with Crippen molar-refractivity contribution < 1.29 is 19.0 Å². The van der Waals surface area contributed by atoms with Crippen LogP contribution in [0.25, 0.3) is 11.0 Å². The van der Waals surface area contributed by atoms with Crippen LogP contribution in [0.15, 0.2) is 40.1 Å². The number of ether oxygens (including phenoxy) is 1. The third kappa shape index (κ3) is 4.96. The summed E-state index contributed by atoms with van der Waals surface area (Å²) in [5, 5.41) is 13.2. The standard InChI is InChI=1S/C26H29FN4O5S/c1-36-19-6-7-22(32)20(13-19)24(33)29-16-2-4-17(5-3-16)31-25(34)21-12-15(27)14-28-23(21)30(26(31)35)18-8-10-37-11-9-18/h6-7,12-14,16-18,32H,2-5,8-11H2,1H3,(H,29,33). The van der Waals surface area contributed by atoms with E-state index in [1.807, 2.05) is 11.8 Å². The fraction of sp³-hybridized carbons (Fsp3) is 0.462. The van der Waals surface area contributed by atoms with Crippen LogP contribution in [0.4, 0.5) is 4.39 Å².